The number of rotatable bonds is 3. The van der Waals surface area contributed by atoms with E-state index in [1.165, 1.54) is 29.2 Å². The highest BCUT2D eigenvalue weighted by Gasteiger charge is 2.27. The molecule has 1 aliphatic rings. The molecule has 3 rings (SSSR count). The maximum atomic E-state index is 12.6. The van der Waals surface area contributed by atoms with Crippen LogP contribution in [0.25, 0.3) is 0 Å². The number of piperazine rings is 1. The van der Waals surface area contributed by atoms with Gasteiger partial charge in [-0.3, -0.25) is 9.59 Å². The van der Waals surface area contributed by atoms with Crippen LogP contribution in [0.1, 0.15) is 21.5 Å². The van der Waals surface area contributed by atoms with E-state index in [1.807, 2.05) is 6.07 Å². The quantitative estimate of drug-likeness (QED) is 0.638. The van der Waals surface area contributed by atoms with Crippen LogP contribution in [0.2, 0.25) is 0 Å². The van der Waals surface area contributed by atoms with Crippen molar-refractivity contribution in [1.29, 1.82) is 0 Å². The van der Waals surface area contributed by atoms with Crippen LogP contribution in [0.5, 0.6) is 0 Å². The van der Waals surface area contributed by atoms with E-state index in [0.717, 1.165) is 5.69 Å². The first-order valence-corrected chi connectivity index (χ1v) is 9.51. The minimum atomic E-state index is -0.762. The third-order valence-electron chi connectivity index (χ3n) is 5.26. The molecule has 0 saturated carbocycles. The summed E-state index contributed by atoms with van der Waals surface area (Å²) in [5.41, 5.74) is 4.07. The maximum absolute atomic E-state index is 12.6. The molecule has 0 spiro atoms. The Hall–Kier alpha value is -3.35. The molecule has 1 fully saturated rings. The predicted octanol–water partition coefficient (Wildman–Crippen LogP) is 2.38. The van der Waals surface area contributed by atoms with Crippen LogP contribution in [-0.2, 0) is 14.3 Å². The number of hydrogen-bond acceptors (Lipinski definition) is 5. The SMILES string of the molecule is COC(=O)c1ccccc1NC(=O)C(=O)N1CCN(c2cccc(C)c2C)CC1. The number of nitrogens with zero attached hydrogens (tertiary/aromatic N) is 2. The second kappa shape index (κ2) is 8.77. The minimum Gasteiger partial charge on any atom is -0.465 e. The van der Waals surface area contributed by atoms with Gasteiger partial charge in [0.25, 0.3) is 0 Å². The molecule has 0 aliphatic carbocycles. The zero-order chi connectivity index (χ0) is 21.0. The number of carbonyl (C=O) groups is 3. The summed E-state index contributed by atoms with van der Waals surface area (Å²) in [7, 11) is 1.27. The van der Waals surface area contributed by atoms with Crippen LogP contribution in [-0.4, -0.2) is 56.0 Å². The molecule has 2 amide bonds. The number of hydrogen-bond donors (Lipinski definition) is 1. The number of nitrogens with one attached hydrogen (secondary N) is 1. The third kappa shape index (κ3) is 4.39. The van der Waals surface area contributed by atoms with E-state index in [0.29, 0.717) is 26.2 Å². The minimum absolute atomic E-state index is 0.205. The first-order chi connectivity index (χ1) is 13.9. The van der Waals surface area contributed by atoms with E-state index in [9.17, 15) is 14.4 Å². The van der Waals surface area contributed by atoms with Gasteiger partial charge in [-0.15, -0.1) is 0 Å². The summed E-state index contributed by atoms with van der Waals surface area (Å²) in [5.74, 6) is -1.94. The number of aryl methyl sites for hydroxylation is 1. The Kier molecular flexibility index (Phi) is 6.16. The fourth-order valence-electron chi connectivity index (χ4n) is 3.43. The van der Waals surface area contributed by atoms with Crippen molar-refractivity contribution >= 4 is 29.2 Å². The molecular weight excluding hydrogens is 370 g/mol. The summed E-state index contributed by atoms with van der Waals surface area (Å²) in [5, 5.41) is 2.54. The smallest absolute Gasteiger partial charge is 0.339 e. The fourth-order valence-corrected chi connectivity index (χ4v) is 3.43. The number of anilines is 2. The summed E-state index contributed by atoms with van der Waals surface area (Å²) < 4.78 is 4.72. The lowest BCUT2D eigenvalue weighted by Gasteiger charge is -2.36. The molecule has 0 radical (unpaired) electrons. The molecule has 0 aromatic heterocycles. The highest BCUT2D eigenvalue weighted by Crippen LogP contribution is 2.24. The van der Waals surface area contributed by atoms with Gasteiger partial charge < -0.3 is 19.9 Å². The van der Waals surface area contributed by atoms with E-state index in [1.54, 1.807) is 18.2 Å². The molecule has 0 unspecified atom stereocenters. The number of ether oxygens (including phenoxy) is 1. The van der Waals surface area contributed by atoms with E-state index in [-0.39, 0.29) is 11.3 Å². The van der Waals surface area contributed by atoms with Crippen LogP contribution >= 0.6 is 0 Å². The number of para-hydroxylation sites is 1. The molecule has 1 N–H and O–H groups in total. The van der Waals surface area contributed by atoms with E-state index in [2.05, 4.69) is 36.2 Å². The summed E-state index contributed by atoms with van der Waals surface area (Å²) in [4.78, 5) is 40.7. The largest absolute Gasteiger partial charge is 0.465 e. The molecule has 0 bridgehead atoms. The lowest BCUT2D eigenvalue weighted by Crippen LogP contribution is -2.51. The van der Waals surface area contributed by atoms with Gasteiger partial charge in [0, 0.05) is 31.9 Å². The van der Waals surface area contributed by atoms with E-state index >= 15 is 0 Å². The van der Waals surface area contributed by atoms with Gasteiger partial charge in [-0.1, -0.05) is 24.3 Å². The summed E-state index contributed by atoms with van der Waals surface area (Å²) in [6.07, 6.45) is 0. The van der Waals surface area contributed by atoms with Crippen LogP contribution in [0, 0.1) is 13.8 Å². The Morgan fingerprint density at radius 2 is 1.62 bits per heavy atom. The van der Waals surface area contributed by atoms with Crippen LogP contribution in [0.4, 0.5) is 11.4 Å². The number of carbonyl (C=O) groups excluding carboxylic acids is 3. The van der Waals surface area contributed by atoms with Gasteiger partial charge >= 0.3 is 17.8 Å². The Labute approximate surface area is 170 Å². The Morgan fingerprint density at radius 1 is 0.931 bits per heavy atom. The maximum Gasteiger partial charge on any atom is 0.339 e. The van der Waals surface area contributed by atoms with E-state index < -0.39 is 17.8 Å². The molecule has 152 valence electrons. The van der Waals surface area contributed by atoms with Crippen molar-refractivity contribution in [2.75, 3.05) is 43.5 Å². The van der Waals surface area contributed by atoms with Crippen molar-refractivity contribution in [3.8, 4) is 0 Å². The number of esters is 1. The Balaban J connectivity index is 1.63. The van der Waals surface area contributed by atoms with Gasteiger partial charge in [0.1, 0.15) is 0 Å². The molecule has 7 nitrogen and oxygen atoms in total. The average Bonchev–Trinajstić information content (AvgIpc) is 2.75. The summed E-state index contributed by atoms with van der Waals surface area (Å²) in [6.45, 7) is 6.39. The van der Waals surface area contributed by atoms with E-state index in [4.69, 9.17) is 4.74 Å². The second-order valence-electron chi connectivity index (χ2n) is 6.99. The molecule has 1 saturated heterocycles. The molecular formula is C22H25N3O4. The zero-order valence-electron chi connectivity index (χ0n) is 16.9. The monoisotopic (exact) mass is 395 g/mol. The van der Waals surface area contributed by atoms with Crippen LogP contribution in [0.15, 0.2) is 42.5 Å². The van der Waals surface area contributed by atoms with Crippen LogP contribution in [0.3, 0.4) is 0 Å². The normalized spacial score (nSPS) is 13.8. The van der Waals surface area contributed by atoms with Gasteiger partial charge in [-0.2, -0.15) is 0 Å². The highest BCUT2D eigenvalue weighted by molar-refractivity contribution is 6.39. The van der Waals surface area contributed by atoms with Gasteiger partial charge in [-0.25, -0.2) is 4.79 Å². The van der Waals surface area contributed by atoms with Crippen molar-refractivity contribution in [2.45, 2.75) is 13.8 Å². The zero-order valence-corrected chi connectivity index (χ0v) is 16.9. The number of amides is 2. The fraction of sp³-hybridized carbons (Fsp3) is 0.318. The Bertz CT molecular complexity index is 933. The van der Waals surface area contributed by atoms with Crippen molar-refractivity contribution in [3.63, 3.8) is 0 Å². The van der Waals surface area contributed by atoms with Crippen molar-refractivity contribution in [1.82, 2.24) is 4.90 Å². The standard InChI is InChI=1S/C22H25N3O4/c1-15-7-6-10-19(16(15)2)24-11-13-25(14-12-24)21(27)20(26)23-18-9-5-4-8-17(18)22(28)29-3/h4-10H,11-14H2,1-3H3,(H,23,26). The van der Waals surface area contributed by atoms with Crippen molar-refractivity contribution in [2.24, 2.45) is 0 Å². The first kappa shape index (κ1) is 20.4. The molecule has 2 aromatic rings. The van der Waals surface area contributed by atoms with Crippen molar-refractivity contribution in [3.05, 3.63) is 59.2 Å². The topological polar surface area (TPSA) is 78.9 Å². The second-order valence-corrected chi connectivity index (χ2v) is 6.99. The lowest BCUT2D eigenvalue weighted by molar-refractivity contribution is -0.143. The molecule has 29 heavy (non-hydrogen) atoms. The Morgan fingerprint density at radius 3 is 2.31 bits per heavy atom. The molecule has 2 aromatic carbocycles. The average molecular weight is 395 g/mol. The number of benzene rings is 2. The van der Waals surface area contributed by atoms with Gasteiger partial charge in [0.2, 0.25) is 0 Å². The lowest BCUT2D eigenvalue weighted by atomic mass is 10.1. The van der Waals surface area contributed by atoms with Gasteiger partial charge in [0.15, 0.2) is 0 Å². The van der Waals surface area contributed by atoms with Crippen LogP contribution < -0.4 is 10.2 Å². The summed E-state index contributed by atoms with van der Waals surface area (Å²) in [6, 6.07) is 12.6. The molecule has 7 heteroatoms. The summed E-state index contributed by atoms with van der Waals surface area (Å²) >= 11 is 0. The molecule has 1 heterocycles. The molecule has 0 atom stereocenters. The van der Waals surface area contributed by atoms with Gasteiger partial charge in [0.05, 0.1) is 18.4 Å². The number of methoxy groups -OCH3 is 1. The first-order valence-electron chi connectivity index (χ1n) is 9.51. The third-order valence-corrected chi connectivity index (χ3v) is 5.26. The predicted molar refractivity (Wildman–Crippen MR) is 111 cm³/mol. The van der Waals surface area contributed by atoms with Crippen molar-refractivity contribution < 1.29 is 19.1 Å². The van der Waals surface area contributed by atoms with Gasteiger partial charge in [-0.05, 0) is 43.2 Å². The molecule has 1 aliphatic heterocycles. The highest BCUT2D eigenvalue weighted by atomic mass is 16.5.